The van der Waals surface area contributed by atoms with E-state index in [0.717, 1.165) is 0 Å². The third-order valence-electron chi connectivity index (χ3n) is 6.20. The van der Waals surface area contributed by atoms with Gasteiger partial charge < -0.3 is 44.1 Å². The Hall–Kier alpha value is -4.15. The molecule has 10 heteroatoms. The number of methoxy groups -OCH3 is 2. The number of rotatable bonds is 5. The van der Waals surface area contributed by atoms with Gasteiger partial charge in [-0.15, -0.1) is 0 Å². The van der Waals surface area contributed by atoms with E-state index in [1.807, 2.05) is 0 Å². The van der Waals surface area contributed by atoms with Crippen molar-refractivity contribution in [3.05, 3.63) is 65.2 Å². The summed E-state index contributed by atoms with van der Waals surface area (Å²) < 4.78 is 28.4. The number of fused-ring (bicyclic) bond motifs is 2. The van der Waals surface area contributed by atoms with Crippen LogP contribution in [0.1, 0.15) is 33.7 Å². The fraction of sp³-hybridized carbons (Fsp3) is 0.269. The van der Waals surface area contributed by atoms with Crippen LogP contribution in [0.15, 0.2) is 48.5 Å². The van der Waals surface area contributed by atoms with Crippen LogP contribution in [0.4, 0.5) is 0 Å². The minimum absolute atomic E-state index is 0.0442. The second kappa shape index (κ2) is 9.14. The van der Waals surface area contributed by atoms with Gasteiger partial charge in [0.2, 0.25) is 5.78 Å². The van der Waals surface area contributed by atoms with Gasteiger partial charge in [0, 0.05) is 17.7 Å². The average molecular weight is 496 g/mol. The van der Waals surface area contributed by atoms with Gasteiger partial charge in [-0.3, -0.25) is 4.79 Å². The first-order chi connectivity index (χ1) is 17.3. The lowest BCUT2D eigenvalue weighted by atomic mass is 9.92. The molecule has 0 saturated carbocycles. The van der Waals surface area contributed by atoms with Crippen molar-refractivity contribution in [1.29, 1.82) is 0 Å². The Bertz CT molecular complexity index is 1320. The van der Waals surface area contributed by atoms with Crippen molar-refractivity contribution in [2.24, 2.45) is 0 Å². The number of hydrogen-bond donors (Lipinski definition) is 4. The molecule has 0 amide bonds. The lowest BCUT2D eigenvalue weighted by Gasteiger charge is -2.35. The van der Waals surface area contributed by atoms with E-state index in [4.69, 9.17) is 23.7 Å². The predicted octanol–water partition coefficient (Wildman–Crippen LogP) is 2.67. The highest BCUT2D eigenvalue weighted by molar-refractivity contribution is 6.05. The van der Waals surface area contributed by atoms with E-state index >= 15 is 0 Å². The summed E-state index contributed by atoms with van der Waals surface area (Å²) in [6, 6.07) is 12.0. The first-order valence-electron chi connectivity index (χ1n) is 11.1. The third kappa shape index (κ3) is 3.90. The Kier molecular flexibility index (Phi) is 5.99. The number of aliphatic hydroxyl groups excluding tert-OH is 2. The first kappa shape index (κ1) is 23.6. The number of carbonyl (C=O) groups excluding carboxylic acids is 1. The summed E-state index contributed by atoms with van der Waals surface area (Å²) in [4.78, 5) is 13.0. The Labute approximate surface area is 205 Å². The van der Waals surface area contributed by atoms with Crippen molar-refractivity contribution >= 4 is 5.78 Å². The largest absolute Gasteiger partial charge is 0.508 e. The molecule has 4 atom stereocenters. The van der Waals surface area contributed by atoms with Crippen LogP contribution in [-0.2, 0) is 0 Å². The number of aromatic hydroxyl groups is 2. The van der Waals surface area contributed by atoms with Crippen LogP contribution in [0.5, 0.6) is 40.2 Å². The highest BCUT2D eigenvalue weighted by atomic mass is 16.6. The van der Waals surface area contributed by atoms with Gasteiger partial charge >= 0.3 is 0 Å². The summed E-state index contributed by atoms with van der Waals surface area (Å²) in [7, 11) is 2.77. The number of ether oxygens (including phenoxy) is 5. The van der Waals surface area contributed by atoms with Crippen LogP contribution in [-0.4, -0.2) is 59.2 Å². The topological polar surface area (TPSA) is 144 Å². The molecule has 0 radical (unpaired) electrons. The van der Waals surface area contributed by atoms with Crippen molar-refractivity contribution in [3.8, 4) is 40.2 Å². The van der Waals surface area contributed by atoms with E-state index in [9.17, 15) is 25.2 Å². The molecule has 36 heavy (non-hydrogen) atoms. The van der Waals surface area contributed by atoms with Crippen LogP contribution >= 0.6 is 0 Å². The normalized spacial score (nSPS) is 22.4. The quantitative estimate of drug-likeness (QED) is 0.416. The highest BCUT2D eigenvalue weighted by Crippen LogP contribution is 2.46. The Balaban J connectivity index is 1.49. The maximum absolute atomic E-state index is 13.0. The van der Waals surface area contributed by atoms with E-state index in [1.54, 1.807) is 30.3 Å². The summed E-state index contributed by atoms with van der Waals surface area (Å²) in [5.74, 6) is 0.265. The molecule has 0 spiro atoms. The van der Waals surface area contributed by atoms with E-state index in [0.29, 0.717) is 22.6 Å². The van der Waals surface area contributed by atoms with Crippen LogP contribution in [0.2, 0.25) is 0 Å². The summed E-state index contributed by atoms with van der Waals surface area (Å²) in [6.07, 6.45) is -4.11. The van der Waals surface area contributed by atoms with E-state index in [-0.39, 0.29) is 40.9 Å². The van der Waals surface area contributed by atoms with Gasteiger partial charge in [-0.2, -0.15) is 0 Å². The molecular formula is C26H24O10. The van der Waals surface area contributed by atoms with Crippen molar-refractivity contribution in [2.45, 2.75) is 24.4 Å². The fourth-order valence-corrected chi connectivity index (χ4v) is 4.43. The van der Waals surface area contributed by atoms with Gasteiger partial charge in [0.05, 0.1) is 20.8 Å². The van der Waals surface area contributed by atoms with E-state index < -0.39 is 30.2 Å². The summed E-state index contributed by atoms with van der Waals surface area (Å²) in [6.45, 7) is -0.337. The van der Waals surface area contributed by atoms with Crippen LogP contribution < -0.4 is 23.7 Å². The second-order valence-electron chi connectivity index (χ2n) is 8.38. The first-order valence-corrected chi connectivity index (χ1v) is 11.1. The summed E-state index contributed by atoms with van der Waals surface area (Å²) in [5.41, 5.74) is 1.07. The Morgan fingerprint density at radius 1 is 0.806 bits per heavy atom. The van der Waals surface area contributed by atoms with Gasteiger partial charge in [0.25, 0.3) is 0 Å². The zero-order chi connectivity index (χ0) is 25.6. The number of Topliss-reactive ketones (excluding diaryl/α,β-unsaturated/α-hetero) is 1. The smallest absolute Gasteiger partial charge is 0.202 e. The number of benzene rings is 3. The molecule has 2 aliphatic rings. The van der Waals surface area contributed by atoms with Crippen molar-refractivity contribution in [3.63, 3.8) is 0 Å². The van der Waals surface area contributed by atoms with Crippen LogP contribution in [0.3, 0.4) is 0 Å². The SMILES string of the molecule is COc1cc(C2Oc3cc(C4Oc5cc(O)cc(OC)c5C(=O)C4O)ccc3OC2CO)ccc1O. The molecule has 0 fully saturated rings. The maximum Gasteiger partial charge on any atom is 0.202 e. The van der Waals surface area contributed by atoms with Crippen molar-refractivity contribution < 1.29 is 48.9 Å². The lowest BCUT2D eigenvalue weighted by Crippen LogP contribution is -2.37. The molecule has 0 aromatic heterocycles. The van der Waals surface area contributed by atoms with E-state index in [1.165, 1.54) is 32.4 Å². The minimum Gasteiger partial charge on any atom is -0.508 e. The monoisotopic (exact) mass is 496 g/mol. The standard InChI is InChI=1S/C26H24O10/c1-32-17-7-12(3-5-15(17)29)25-21(11-27)34-16-6-4-13(8-18(16)35-25)26-24(31)23(30)22-19(33-2)9-14(28)10-20(22)36-26/h3-10,21,24-29,31H,11H2,1-2H3. The number of phenolic OH excluding ortho intramolecular Hbond substituents is 2. The van der Waals surface area contributed by atoms with Gasteiger partial charge in [-0.05, 0) is 29.8 Å². The molecule has 10 nitrogen and oxygen atoms in total. The van der Waals surface area contributed by atoms with Gasteiger partial charge in [0.1, 0.15) is 22.8 Å². The third-order valence-corrected chi connectivity index (χ3v) is 6.20. The number of ketones is 1. The van der Waals surface area contributed by atoms with Crippen molar-refractivity contribution in [2.75, 3.05) is 20.8 Å². The zero-order valence-electron chi connectivity index (χ0n) is 19.4. The molecular weight excluding hydrogens is 472 g/mol. The lowest BCUT2D eigenvalue weighted by molar-refractivity contribution is -0.0130. The van der Waals surface area contributed by atoms with Gasteiger partial charge in [0.15, 0.2) is 47.4 Å². The highest BCUT2D eigenvalue weighted by Gasteiger charge is 2.40. The molecule has 3 aromatic rings. The maximum atomic E-state index is 13.0. The summed E-state index contributed by atoms with van der Waals surface area (Å²) in [5, 5.41) is 40.6. The molecule has 2 aliphatic heterocycles. The minimum atomic E-state index is -1.54. The van der Waals surface area contributed by atoms with Gasteiger partial charge in [-0.25, -0.2) is 0 Å². The number of hydrogen-bond acceptors (Lipinski definition) is 10. The van der Waals surface area contributed by atoms with Crippen LogP contribution in [0, 0.1) is 0 Å². The number of phenols is 2. The molecule has 4 unspecified atom stereocenters. The van der Waals surface area contributed by atoms with E-state index in [2.05, 4.69) is 0 Å². The molecule has 188 valence electrons. The number of aliphatic hydroxyl groups is 2. The van der Waals surface area contributed by atoms with Crippen LogP contribution in [0.25, 0.3) is 0 Å². The molecule has 3 aromatic carbocycles. The molecule has 0 saturated heterocycles. The predicted molar refractivity (Wildman–Crippen MR) is 124 cm³/mol. The fourth-order valence-electron chi connectivity index (χ4n) is 4.43. The summed E-state index contributed by atoms with van der Waals surface area (Å²) >= 11 is 0. The molecule has 5 rings (SSSR count). The molecule has 0 aliphatic carbocycles. The Morgan fingerprint density at radius 2 is 1.50 bits per heavy atom. The van der Waals surface area contributed by atoms with Crippen molar-refractivity contribution in [1.82, 2.24) is 0 Å². The molecule has 0 bridgehead atoms. The Morgan fingerprint density at radius 3 is 2.22 bits per heavy atom. The molecule has 4 N–H and O–H groups in total. The van der Waals surface area contributed by atoms with Gasteiger partial charge in [-0.1, -0.05) is 12.1 Å². The average Bonchev–Trinajstić information content (AvgIpc) is 2.89. The number of carbonyl (C=O) groups is 1. The zero-order valence-corrected chi connectivity index (χ0v) is 19.4. The molecule has 2 heterocycles. The second-order valence-corrected chi connectivity index (χ2v) is 8.38.